The summed E-state index contributed by atoms with van der Waals surface area (Å²) in [7, 11) is 6.23. The molecular weight excluding hydrogens is 446 g/mol. The van der Waals surface area contributed by atoms with Gasteiger partial charge in [0.25, 0.3) is 0 Å². The second-order valence-electron chi connectivity index (χ2n) is 11.3. The molecule has 0 radical (unpaired) electrons. The minimum atomic E-state index is 0.123. The maximum absolute atomic E-state index is 13.3. The average Bonchev–Trinajstić information content (AvgIpc) is 3.30. The highest BCUT2D eigenvalue weighted by atomic mass is 16.2. The van der Waals surface area contributed by atoms with Crippen LogP contribution < -0.4 is 10.2 Å². The highest BCUT2D eigenvalue weighted by Gasteiger charge is 2.29. The molecule has 0 aromatic heterocycles. The maximum atomic E-state index is 13.3. The number of aryl methyl sites for hydroxylation is 1. The number of benzene rings is 2. The summed E-state index contributed by atoms with van der Waals surface area (Å²) >= 11 is 0. The number of carbonyl (C=O) groups is 1. The van der Waals surface area contributed by atoms with Crippen LogP contribution in [0.5, 0.6) is 0 Å². The lowest BCUT2D eigenvalue weighted by Gasteiger charge is -2.32. The molecule has 196 valence electrons. The van der Waals surface area contributed by atoms with Crippen molar-refractivity contribution < 1.29 is 4.79 Å². The van der Waals surface area contributed by atoms with Gasteiger partial charge in [0.15, 0.2) is 0 Å². The molecular formula is C30H45N5O. The van der Waals surface area contributed by atoms with Crippen LogP contribution >= 0.6 is 0 Å². The van der Waals surface area contributed by atoms with E-state index in [0.29, 0.717) is 12.5 Å². The molecule has 2 aromatic carbocycles. The van der Waals surface area contributed by atoms with Gasteiger partial charge in [-0.1, -0.05) is 19.1 Å². The Bertz CT molecular complexity index is 997. The van der Waals surface area contributed by atoms with Crippen molar-refractivity contribution in [1.82, 2.24) is 14.7 Å². The zero-order valence-corrected chi connectivity index (χ0v) is 23.0. The molecule has 6 nitrogen and oxygen atoms in total. The van der Waals surface area contributed by atoms with Gasteiger partial charge in [0.05, 0.1) is 5.92 Å². The molecule has 0 spiro atoms. The van der Waals surface area contributed by atoms with Crippen LogP contribution in [0.2, 0.25) is 0 Å². The Morgan fingerprint density at radius 2 is 1.72 bits per heavy atom. The fourth-order valence-corrected chi connectivity index (χ4v) is 5.30. The first-order valence-corrected chi connectivity index (χ1v) is 13.6. The summed E-state index contributed by atoms with van der Waals surface area (Å²) in [6.07, 6.45) is 3.52. The highest BCUT2D eigenvalue weighted by molar-refractivity contribution is 5.79. The van der Waals surface area contributed by atoms with Gasteiger partial charge < -0.3 is 24.9 Å². The molecule has 4 rings (SSSR count). The fourth-order valence-electron chi connectivity index (χ4n) is 5.30. The van der Waals surface area contributed by atoms with E-state index in [2.05, 4.69) is 102 Å². The summed E-state index contributed by atoms with van der Waals surface area (Å²) < 4.78 is 0. The Kier molecular flexibility index (Phi) is 8.91. The normalized spacial score (nSPS) is 19.2. The lowest BCUT2D eigenvalue weighted by atomic mass is 9.98. The van der Waals surface area contributed by atoms with Crippen LogP contribution in [0.3, 0.4) is 0 Å². The summed E-state index contributed by atoms with van der Waals surface area (Å²) in [5.41, 5.74) is 5.98. The first-order valence-electron chi connectivity index (χ1n) is 13.6. The number of amides is 1. The van der Waals surface area contributed by atoms with Crippen molar-refractivity contribution in [2.45, 2.75) is 39.7 Å². The maximum Gasteiger partial charge on any atom is 0.227 e. The van der Waals surface area contributed by atoms with Crippen molar-refractivity contribution in [3.8, 4) is 0 Å². The van der Waals surface area contributed by atoms with Crippen molar-refractivity contribution in [2.75, 3.05) is 70.6 Å². The Hall–Kier alpha value is -2.57. The molecule has 2 saturated heterocycles. The van der Waals surface area contributed by atoms with Crippen LogP contribution in [0.25, 0.3) is 0 Å². The van der Waals surface area contributed by atoms with Gasteiger partial charge in [0, 0.05) is 56.3 Å². The molecule has 0 bridgehead atoms. The predicted octanol–water partition coefficient (Wildman–Crippen LogP) is 4.82. The summed E-state index contributed by atoms with van der Waals surface area (Å²) in [5, 5.41) is 3.59. The van der Waals surface area contributed by atoms with Gasteiger partial charge in [-0.25, -0.2) is 0 Å². The minimum Gasteiger partial charge on any atom is -0.372 e. The molecule has 1 atom stereocenters. The fraction of sp³-hybridized carbons (Fsp3) is 0.567. The Labute approximate surface area is 218 Å². The average molecular weight is 492 g/mol. The second-order valence-corrected chi connectivity index (χ2v) is 11.3. The molecule has 1 amide bonds. The number of hydrogen-bond acceptors (Lipinski definition) is 5. The molecule has 2 fully saturated rings. The third-order valence-corrected chi connectivity index (χ3v) is 7.83. The van der Waals surface area contributed by atoms with Crippen molar-refractivity contribution in [2.24, 2.45) is 11.8 Å². The summed E-state index contributed by atoms with van der Waals surface area (Å²) in [6, 6.07) is 15.3. The number of rotatable bonds is 9. The van der Waals surface area contributed by atoms with Crippen molar-refractivity contribution in [1.29, 1.82) is 0 Å². The third-order valence-electron chi connectivity index (χ3n) is 7.83. The van der Waals surface area contributed by atoms with Gasteiger partial charge in [-0.05, 0) is 101 Å². The quantitative estimate of drug-likeness (QED) is 0.545. The van der Waals surface area contributed by atoms with E-state index in [0.717, 1.165) is 63.0 Å². The van der Waals surface area contributed by atoms with Crippen LogP contribution in [0.1, 0.15) is 37.3 Å². The molecule has 1 unspecified atom stereocenters. The van der Waals surface area contributed by atoms with E-state index in [4.69, 9.17) is 0 Å². The number of piperidine rings is 1. The van der Waals surface area contributed by atoms with Crippen molar-refractivity contribution in [3.63, 3.8) is 0 Å². The molecule has 0 aliphatic carbocycles. The lowest BCUT2D eigenvalue weighted by molar-refractivity contribution is -0.135. The molecule has 6 heteroatoms. The first-order chi connectivity index (χ1) is 17.3. The summed E-state index contributed by atoms with van der Waals surface area (Å²) in [4.78, 5) is 22.2. The van der Waals surface area contributed by atoms with Gasteiger partial charge in [0.1, 0.15) is 0 Å². The molecule has 1 N–H and O–H groups in total. The number of nitrogens with zero attached hydrogens (tertiary/aromatic N) is 4. The van der Waals surface area contributed by atoms with E-state index in [9.17, 15) is 4.79 Å². The van der Waals surface area contributed by atoms with Gasteiger partial charge in [0.2, 0.25) is 5.91 Å². The lowest BCUT2D eigenvalue weighted by Crippen LogP contribution is -2.40. The van der Waals surface area contributed by atoms with Gasteiger partial charge in [-0.3, -0.25) is 4.79 Å². The molecule has 0 saturated carbocycles. The summed E-state index contributed by atoms with van der Waals surface area (Å²) in [6.45, 7) is 11.0. The Balaban J connectivity index is 1.38. The zero-order valence-electron chi connectivity index (χ0n) is 23.0. The number of hydrogen-bond donors (Lipinski definition) is 1. The van der Waals surface area contributed by atoms with E-state index < -0.39 is 0 Å². The molecule has 2 aromatic rings. The SMILES string of the molecule is Cc1cc(N2CCC(C)CC2)ccc1Nc1ccc(CN(CCN(C)C)C(=O)C2CCN(C)C2)cc1. The van der Waals surface area contributed by atoms with Gasteiger partial charge >= 0.3 is 0 Å². The second kappa shape index (κ2) is 12.1. The topological polar surface area (TPSA) is 42.1 Å². The van der Waals surface area contributed by atoms with E-state index in [-0.39, 0.29) is 5.92 Å². The summed E-state index contributed by atoms with van der Waals surface area (Å²) in [5.74, 6) is 1.26. The van der Waals surface area contributed by atoms with E-state index >= 15 is 0 Å². The van der Waals surface area contributed by atoms with Crippen LogP contribution in [0.4, 0.5) is 17.1 Å². The monoisotopic (exact) mass is 491 g/mol. The number of anilines is 3. The van der Waals surface area contributed by atoms with Gasteiger partial charge in [-0.2, -0.15) is 0 Å². The van der Waals surface area contributed by atoms with Crippen molar-refractivity contribution in [3.05, 3.63) is 53.6 Å². The Morgan fingerprint density at radius 1 is 1.00 bits per heavy atom. The van der Waals surface area contributed by atoms with E-state index in [1.54, 1.807) is 0 Å². The highest BCUT2D eigenvalue weighted by Crippen LogP contribution is 2.29. The van der Waals surface area contributed by atoms with E-state index in [1.165, 1.54) is 29.7 Å². The first kappa shape index (κ1) is 26.5. The number of likely N-dealkylation sites (N-methyl/N-ethyl adjacent to an activating group) is 1. The minimum absolute atomic E-state index is 0.123. The zero-order chi connectivity index (χ0) is 25.7. The van der Waals surface area contributed by atoms with Gasteiger partial charge in [-0.15, -0.1) is 0 Å². The number of nitrogens with one attached hydrogen (secondary N) is 1. The van der Waals surface area contributed by atoms with E-state index in [1.807, 2.05) is 0 Å². The largest absolute Gasteiger partial charge is 0.372 e. The Morgan fingerprint density at radius 3 is 2.33 bits per heavy atom. The molecule has 2 heterocycles. The number of likely N-dealkylation sites (tertiary alicyclic amines) is 1. The smallest absolute Gasteiger partial charge is 0.227 e. The molecule has 2 aliphatic heterocycles. The standard InChI is InChI=1S/C30H45N5O/c1-23-12-16-34(17-13-23)28-10-11-29(24(2)20-28)31-27-8-6-25(7-9-27)21-35(19-18-32(3)4)30(36)26-14-15-33(5)22-26/h6-11,20,23,26,31H,12-19,21-22H2,1-5H3. The van der Waals surface area contributed by atoms with Crippen molar-refractivity contribution >= 4 is 23.0 Å². The third kappa shape index (κ3) is 7.01. The number of carbonyl (C=O) groups excluding carboxylic acids is 1. The predicted molar refractivity (Wildman–Crippen MR) is 151 cm³/mol. The van der Waals surface area contributed by atoms with Crippen LogP contribution in [0.15, 0.2) is 42.5 Å². The van der Waals surface area contributed by atoms with Crippen LogP contribution in [-0.2, 0) is 11.3 Å². The van der Waals surface area contributed by atoms with Crippen LogP contribution in [0, 0.1) is 18.8 Å². The molecule has 36 heavy (non-hydrogen) atoms. The van der Waals surface area contributed by atoms with Crippen LogP contribution in [-0.4, -0.2) is 81.0 Å². The molecule has 2 aliphatic rings.